The van der Waals surface area contributed by atoms with Crippen LogP contribution in [0.3, 0.4) is 0 Å². The first-order valence-corrected chi connectivity index (χ1v) is 9.26. The van der Waals surface area contributed by atoms with Crippen LogP contribution in [0.1, 0.15) is 24.8 Å². The Morgan fingerprint density at radius 3 is 2.27 bits per heavy atom. The Morgan fingerprint density at radius 1 is 1.13 bits per heavy atom. The van der Waals surface area contributed by atoms with E-state index < -0.39 is 18.1 Å². The number of carbonyl (C=O) groups is 3. The molecule has 2 unspecified atom stereocenters. The highest BCUT2D eigenvalue weighted by Crippen LogP contribution is 2.29. The molecule has 0 spiro atoms. The summed E-state index contributed by atoms with van der Waals surface area (Å²) in [5.74, 6) is -4.24. The molecule has 0 bridgehead atoms. The zero-order valence-corrected chi connectivity index (χ0v) is 16.2. The van der Waals surface area contributed by atoms with Gasteiger partial charge in [0.1, 0.15) is 5.82 Å². The number of likely N-dealkylation sites (tertiary alicyclic amines) is 1. The quantitative estimate of drug-likeness (QED) is 0.710. The molecule has 1 amide bonds. The van der Waals surface area contributed by atoms with Crippen LogP contribution >= 0.6 is 0 Å². The molecule has 166 valence electrons. The van der Waals surface area contributed by atoms with E-state index in [4.69, 9.17) is 15.0 Å². The van der Waals surface area contributed by atoms with Crippen LogP contribution in [-0.4, -0.2) is 64.8 Å². The molecule has 2 aliphatic rings. The van der Waals surface area contributed by atoms with Crippen molar-refractivity contribution in [1.29, 1.82) is 0 Å². The SMILES string of the molecule is Cc1cc(F)ccc1N1CCCC(N2CCC(C(=O)O)C2)C1=O.O=C(O)C(F)(F)F. The standard InChI is InChI=1S/C17H21FN2O3.C2HF3O2/c1-11-9-13(18)4-5-14(11)20-7-2-3-15(16(20)21)19-8-6-12(10-19)17(22)23;3-2(4,5)1(6)7/h4-5,9,12,15H,2-3,6-8,10H2,1H3,(H,22,23);(H,6,7). The Bertz CT molecular complexity index is 815. The molecule has 11 heteroatoms. The van der Waals surface area contributed by atoms with Crippen molar-refractivity contribution in [3.63, 3.8) is 0 Å². The summed E-state index contributed by atoms with van der Waals surface area (Å²) in [4.78, 5) is 36.6. The van der Waals surface area contributed by atoms with Gasteiger partial charge >= 0.3 is 18.1 Å². The highest BCUT2D eigenvalue weighted by atomic mass is 19.4. The molecule has 30 heavy (non-hydrogen) atoms. The zero-order valence-electron chi connectivity index (χ0n) is 16.2. The molecule has 0 aliphatic carbocycles. The van der Waals surface area contributed by atoms with Crippen molar-refractivity contribution in [3.8, 4) is 0 Å². The minimum atomic E-state index is -5.08. The second-order valence-corrected chi connectivity index (χ2v) is 7.20. The molecule has 1 aromatic rings. The number of amides is 1. The summed E-state index contributed by atoms with van der Waals surface area (Å²) in [5, 5.41) is 16.3. The van der Waals surface area contributed by atoms with Crippen LogP contribution < -0.4 is 4.90 Å². The molecule has 2 heterocycles. The second kappa shape index (κ2) is 9.41. The van der Waals surface area contributed by atoms with Gasteiger partial charge in [-0.25, -0.2) is 9.18 Å². The number of hydrogen-bond acceptors (Lipinski definition) is 4. The lowest BCUT2D eigenvalue weighted by Gasteiger charge is -2.37. The predicted octanol–water partition coefficient (Wildman–Crippen LogP) is 2.67. The monoisotopic (exact) mass is 434 g/mol. The fourth-order valence-corrected chi connectivity index (χ4v) is 3.63. The maximum absolute atomic E-state index is 13.3. The van der Waals surface area contributed by atoms with Crippen molar-refractivity contribution in [2.24, 2.45) is 5.92 Å². The molecule has 1 aromatic carbocycles. The molecule has 0 radical (unpaired) electrons. The van der Waals surface area contributed by atoms with Crippen molar-refractivity contribution in [2.45, 2.75) is 38.4 Å². The number of benzene rings is 1. The first-order valence-electron chi connectivity index (χ1n) is 9.26. The largest absolute Gasteiger partial charge is 0.490 e. The number of hydrogen-bond donors (Lipinski definition) is 2. The summed E-state index contributed by atoms with van der Waals surface area (Å²) < 4.78 is 45.0. The van der Waals surface area contributed by atoms with Gasteiger partial charge in [0.05, 0.1) is 12.0 Å². The fraction of sp³-hybridized carbons (Fsp3) is 0.526. The van der Waals surface area contributed by atoms with Gasteiger partial charge in [0.15, 0.2) is 0 Å². The van der Waals surface area contributed by atoms with Crippen molar-refractivity contribution >= 4 is 23.5 Å². The van der Waals surface area contributed by atoms with Gasteiger partial charge in [-0.05, 0) is 56.5 Å². The van der Waals surface area contributed by atoms with Crippen molar-refractivity contribution in [2.75, 3.05) is 24.5 Å². The average molecular weight is 434 g/mol. The fourth-order valence-electron chi connectivity index (χ4n) is 3.63. The van der Waals surface area contributed by atoms with E-state index in [2.05, 4.69) is 0 Å². The van der Waals surface area contributed by atoms with E-state index in [1.54, 1.807) is 17.9 Å². The Kier molecular flexibility index (Phi) is 7.40. The van der Waals surface area contributed by atoms with E-state index in [0.29, 0.717) is 26.1 Å². The lowest BCUT2D eigenvalue weighted by Crippen LogP contribution is -2.52. The maximum Gasteiger partial charge on any atom is 0.490 e. The van der Waals surface area contributed by atoms with E-state index in [0.717, 1.165) is 24.1 Å². The summed E-state index contributed by atoms with van der Waals surface area (Å²) in [6, 6.07) is 4.19. The molecule has 0 saturated carbocycles. The van der Waals surface area contributed by atoms with Crippen LogP contribution in [0.25, 0.3) is 0 Å². The van der Waals surface area contributed by atoms with Crippen molar-refractivity contribution < 1.29 is 42.2 Å². The lowest BCUT2D eigenvalue weighted by molar-refractivity contribution is -0.192. The number of alkyl halides is 3. The van der Waals surface area contributed by atoms with Crippen LogP contribution in [0.5, 0.6) is 0 Å². The number of carboxylic acid groups (broad SMARTS) is 2. The number of nitrogens with zero attached hydrogens (tertiary/aromatic N) is 2. The van der Waals surface area contributed by atoms with Crippen LogP contribution in [0, 0.1) is 18.7 Å². The molecule has 2 atom stereocenters. The molecule has 7 nitrogen and oxygen atoms in total. The predicted molar refractivity (Wildman–Crippen MR) is 97.5 cm³/mol. The van der Waals surface area contributed by atoms with Gasteiger partial charge in [-0.15, -0.1) is 0 Å². The summed E-state index contributed by atoms with van der Waals surface area (Å²) in [5.41, 5.74) is 1.49. The molecule has 2 aliphatic heterocycles. The number of anilines is 1. The number of piperidine rings is 1. The van der Waals surface area contributed by atoms with Crippen LogP contribution in [-0.2, 0) is 14.4 Å². The third-order valence-electron chi connectivity index (χ3n) is 5.11. The Balaban J connectivity index is 0.000000396. The van der Waals surface area contributed by atoms with E-state index >= 15 is 0 Å². The van der Waals surface area contributed by atoms with E-state index in [1.807, 2.05) is 4.90 Å². The van der Waals surface area contributed by atoms with Crippen LogP contribution in [0.15, 0.2) is 18.2 Å². The lowest BCUT2D eigenvalue weighted by atomic mass is 10.0. The molecule has 3 rings (SSSR count). The van der Waals surface area contributed by atoms with Crippen LogP contribution in [0.2, 0.25) is 0 Å². The van der Waals surface area contributed by atoms with E-state index in [-0.39, 0.29) is 23.7 Å². The van der Waals surface area contributed by atoms with E-state index in [1.165, 1.54) is 12.1 Å². The summed E-state index contributed by atoms with van der Waals surface area (Å²) in [6.45, 7) is 3.50. The summed E-state index contributed by atoms with van der Waals surface area (Å²) in [7, 11) is 0. The van der Waals surface area contributed by atoms with Gasteiger partial charge in [0.25, 0.3) is 0 Å². The molecule has 0 aromatic heterocycles. The third-order valence-corrected chi connectivity index (χ3v) is 5.11. The topological polar surface area (TPSA) is 98.2 Å². The minimum Gasteiger partial charge on any atom is -0.481 e. The van der Waals surface area contributed by atoms with Crippen molar-refractivity contribution in [3.05, 3.63) is 29.6 Å². The number of carbonyl (C=O) groups excluding carboxylic acids is 1. The highest BCUT2D eigenvalue weighted by molar-refractivity contribution is 5.98. The normalized spacial score (nSPS) is 22.4. The first-order chi connectivity index (χ1) is 13.9. The maximum atomic E-state index is 13.3. The minimum absolute atomic E-state index is 0.00278. The molecular formula is C19H22F4N2O5. The zero-order chi connectivity index (χ0) is 22.6. The molecular weight excluding hydrogens is 412 g/mol. The highest BCUT2D eigenvalue weighted by Gasteiger charge is 2.39. The first kappa shape index (κ1) is 23.6. The average Bonchev–Trinajstić information content (AvgIpc) is 3.12. The molecule has 2 fully saturated rings. The summed E-state index contributed by atoms with van der Waals surface area (Å²) >= 11 is 0. The third kappa shape index (κ3) is 5.68. The number of carboxylic acids is 2. The Hall–Kier alpha value is -2.69. The molecule has 2 saturated heterocycles. The smallest absolute Gasteiger partial charge is 0.481 e. The van der Waals surface area contributed by atoms with Gasteiger partial charge in [0, 0.05) is 18.8 Å². The van der Waals surface area contributed by atoms with E-state index in [9.17, 15) is 27.2 Å². The van der Waals surface area contributed by atoms with Crippen LogP contribution in [0.4, 0.5) is 23.2 Å². The number of rotatable bonds is 3. The Morgan fingerprint density at radius 2 is 1.77 bits per heavy atom. The van der Waals surface area contributed by atoms with Gasteiger partial charge < -0.3 is 15.1 Å². The second-order valence-electron chi connectivity index (χ2n) is 7.20. The Labute approximate surface area is 169 Å². The molecule has 2 N–H and O–H groups in total. The van der Waals surface area contributed by atoms with Crippen molar-refractivity contribution in [1.82, 2.24) is 4.90 Å². The van der Waals surface area contributed by atoms with Gasteiger partial charge in [-0.3, -0.25) is 14.5 Å². The summed E-state index contributed by atoms with van der Waals surface area (Å²) in [6.07, 6.45) is -2.88. The number of aliphatic carboxylic acids is 2. The number of halogens is 4. The van der Waals surface area contributed by atoms with Gasteiger partial charge in [-0.2, -0.15) is 13.2 Å². The number of aryl methyl sites for hydroxylation is 1. The van der Waals surface area contributed by atoms with Gasteiger partial charge in [0.2, 0.25) is 5.91 Å². The van der Waals surface area contributed by atoms with Gasteiger partial charge in [-0.1, -0.05) is 0 Å².